The second-order valence-electron chi connectivity index (χ2n) is 3.77. The van der Waals surface area contributed by atoms with Gasteiger partial charge in [0.05, 0.1) is 5.75 Å². The largest absolute Gasteiger partial charge is 0.481 e. The Morgan fingerprint density at radius 3 is 2.53 bits per heavy atom. The quantitative estimate of drug-likeness (QED) is 0.798. The van der Waals surface area contributed by atoms with Crippen molar-refractivity contribution in [3.8, 4) is 0 Å². The molecule has 1 unspecified atom stereocenters. The van der Waals surface area contributed by atoms with Crippen LogP contribution in [0.15, 0.2) is 0 Å². The third-order valence-electron chi connectivity index (χ3n) is 2.49. The summed E-state index contributed by atoms with van der Waals surface area (Å²) in [5.41, 5.74) is 0. The van der Waals surface area contributed by atoms with Crippen molar-refractivity contribution in [1.29, 1.82) is 0 Å². The molecule has 4 nitrogen and oxygen atoms in total. The smallest absolute Gasteiger partial charge is 0.303 e. The van der Waals surface area contributed by atoms with Crippen molar-refractivity contribution in [2.24, 2.45) is 5.92 Å². The van der Waals surface area contributed by atoms with E-state index in [2.05, 4.69) is 0 Å². The molecule has 7 heteroatoms. The van der Waals surface area contributed by atoms with Crippen LogP contribution < -0.4 is 0 Å². The first-order chi connectivity index (χ1) is 6.73. The average Bonchev–Trinajstić information content (AvgIpc) is 1.98. The van der Waals surface area contributed by atoms with E-state index in [9.17, 15) is 22.0 Å². The minimum atomic E-state index is -3.66. The third kappa shape index (κ3) is 3.40. The molecule has 1 atom stereocenters. The minimum absolute atomic E-state index is 0.150. The molecule has 1 fully saturated rings. The summed E-state index contributed by atoms with van der Waals surface area (Å²) in [7, 11) is -3.66. The molecule has 0 spiro atoms. The van der Waals surface area contributed by atoms with Gasteiger partial charge in [-0.1, -0.05) is 0 Å². The number of carboxylic acids is 1. The Kier molecular flexibility index (Phi) is 3.32. The molecule has 0 amide bonds. The number of aliphatic carboxylic acids is 1. The number of halogens is 2. The van der Waals surface area contributed by atoms with Crippen LogP contribution in [0.2, 0.25) is 0 Å². The number of alkyl halides is 2. The van der Waals surface area contributed by atoms with Crippen molar-refractivity contribution < 1.29 is 27.1 Å². The zero-order valence-electron chi connectivity index (χ0n) is 7.95. The van der Waals surface area contributed by atoms with Gasteiger partial charge in [-0.2, -0.15) is 0 Å². The molecule has 0 radical (unpaired) electrons. The van der Waals surface area contributed by atoms with Crippen molar-refractivity contribution in [1.82, 2.24) is 0 Å². The van der Waals surface area contributed by atoms with Gasteiger partial charge in [0.25, 0.3) is 5.92 Å². The summed E-state index contributed by atoms with van der Waals surface area (Å²) in [6, 6.07) is 0. The van der Waals surface area contributed by atoms with Crippen molar-refractivity contribution in [2.75, 3.05) is 11.5 Å². The maximum Gasteiger partial charge on any atom is 0.303 e. The first kappa shape index (κ1) is 12.4. The van der Waals surface area contributed by atoms with Gasteiger partial charge in [0, 0.05) is 12.3 Å². The normalized spacial score (nSPS) is 28.5. The summed E-state index contributed by atoms with van der Waals surface area (Å²) in [5, 5.41) is 8.35. The van der Waals surface area contributed by atoms with Crippen molar-refractivity contribution in [2.45, 2.75) is 25.2 Å². The lowest BCUT2D eigenvalue weighted by Gasteiger charge is -2.30. The molecule has 0 bridgehead atoms. The molecule has 0 aromatic rings. The standard InChI is InChI=1S/C8H12F2O4S/c9-8(10)5-15(13,14)4-3-6(8)1-2-7(11)12/h6H,1-5H2,(H,11,12). The molecule has 0 aromatic heterocycles. The summed E-state index contributed by atoms with van der Waals surface area (Å²) < 4.78 is 48.4. The molecule has 1 saturated heterocycles. The Balaban J connectivity index is 2.64. The third-order valence-corrected chi connectivity index (χ3v) is 4.18. The van der Waals surface area contributed by atoms with E-state index in [0.29, 0.717) is 0 Å². The van der Waals surface area contributed by atoms with Gasteiger partial charge in [-0.15, -0.1) is 0 Å². The Morgan fingerprint density at radius 2 is 2.07 bits per heavy atom. The lowest BCUT2D eigenvalue weighted by Crippen LogP contribution is -2.42. The number of sulfone groups is 1. The Hall–Kier alpha value is -0.720. The van der Waals surface area contributed by atoms with Crippen LogP contribution >= 0.6 is 0 Å². The molecular weight excluding hydrogens is 230 g/mol. The highest BCUT2D eigenvalue weighted by molar-refractivity contribution is 7.91. The topological polar surface area (TPSA) is 71.4 Å². The van der Waals surface area contributed by atoms with E-state index in [1.54, 1.807) is 0 Å². The van der Waals surface area contributed by atoms with Crippen LogP contribution in [0.25, 0.3) is 0 Å². The van der Waals surface area contributed by atoms with Gasteiger partial charge in [-0.3, -0.25) is 4.79 Å². The van der Waals surface area contributed by atoms with Crippen molar-refractivity contribution in [3.05, 3.63) is 0 Å². The molecule has 15 heavy (non-hydrogen) atoms. The molecule has 1 aliphatic rings. The minimum Gasteiger partial charge on any atom is -0.481 e. The van der Waals surface area contributed by atoms with Gasteiger partial charge < -0.3 is 5.11 Å². The molecule has 1 rings (SSSR count). The molecule has 1 heterocycles. The first-order valence-electron chi connectivity index (χ1n) is 4.53. The number of hydrogen-bond acceptors (Lipinski definition) is 3. The maximum atomic E-state index is 13.2. The molecule has 88 valence electrons. The molecule has 1 aliphatic heterocycles. The van der Waals surface area contributed by atoms with E-state index in [0.717, 1.165) is 0 Å². The zero-order chi connectivity index (χ0) is 11.7. The van der Waals surface area contributed by atoms with Gasteiger partial charge in [0.2, 0.25) is 0 Å². The van der Waals surface area contributed by atoms with E-state index in [4.69, 9.17) is 5.11 Å². The summed E-state index contributed by atoms with van der Waals surface area (Å²) in [5.74, 6) is -6.97. The van der Waals surface area contributed by atoms with Gasteiger partial charge in [-0.05, 0) is 12.8 Å². The average molecular weight is 242 g/mol. The van der Waals surface area contributed by atoms with E-state index in [1.165, 1.54) is 0 Å². The maximum absolute atomic E-state index is 13.2. The van der Waals surface area contributed by atoms with Crippen LogP contribution in [0.4, 0.5) is 8.78 Å². The molecule has 0 aromatic carbocycles. The van der Waals surface area contributed by atoms with E-state index in [1.807, 2.05) is 0 Å². The SMILES string of the molecule is O=C(O)CCC1CCS(=O)(=O)CC1(F)F. The van der Waals surface area contributed by atoms with Gasteiger partial charge in [0.1, 0.15) is 5.75 Å². The van der Waals surface area contributed by atoms with E-state index in [-0.39, 0.29) is 25.0 Å². The summed E-state index contributed by atoms with van der Waals surface area (Å²) in [4.78, 5) is 10.2. The summed E-state index contributed by atoms with van der Waals surface area (Å²) in [6.07, 6.45) is -0.666. The molecule has 0 saturated carbocycles. The number of carboxylic acid groups (broad SMARTS) is 1. The van der Waals surface area contributed by atoms with Crippen LogP contribution in [-0.2, 0) is 14.6 Å². The lowest BCUT2D eigenvalue weighted by molar-refractivity contribution is -0.138. The van der Waals surface area contributed by atoms with Crippen molar-refractivity contribution >= 4 is 15.8 Å². The Labute approximate surface area is 86.2 Å². The summed E-state index contributed by atoms with van der Waals surface area (Å²) in [6.45, 7) is 0. The fourth-order valence-corrected chi connectivity index (χ4v) is 3.28. The lowest BCUT2D eigenvalue weighted by atomic mass is 9.94. The number of hydrogen-bond donors (Lipinski definition) is 1. The molecular formula is C8H12F2O4S. The predicted molar refractivity (Wildman–Crippen MR) is 48.6 cm³/mol. The highest BCUT2D eigenvalue weighted by Gasteiger charge is 2.47. The van der Waals surface area contributed by atoms with Crippen LogP contribution in [0.1, 0.15) is 19.3 Å². The van der Waals surface area contributed by atoms with Crippen LogP contribution in [0, 0.1) is 5.92 Å². The summed E-state index contributed by atoms with van der Waals surface area (Å²) >= 11 is 0. The highest BCUT2D eigenvalue weighted by atomic mass is 32.2. The highest BCUT2D eigenvalue weighted by Crippen LogP contribution is 2.36. The van der Waals surface area contributed by atoms with Gasteiger partial charge in [0.15, 0.2) is 9.84 Å². The molecule has 1 N–H and O–H groups in total. The fourth-order valence-electron chi connectivity index (χ4n) is 1.67. The van der Waals surface area contributed by atoms with Crippen LogP contribution in [0.5, 0.6) is 0 Å². The Bertz CT molecular complexity index is 350. The second-order valence-corrected chi connectivity index (χ2v) is 5.96. The van der Waals surface area contributed by atoms with E-state index >= 15 is 0 Å². The van der Waals surface area contributed by atoms with Crippen molar-refractivity contribution in [3.63, 3.8) is 0 Å². The zero-order valence-corrected chi connectivity index (χ0v) is 8.77. The Morgan fingerprint density at radius 1 is 1.47 bits per heavy atom. The van der Waals surface area contributed by atoms with Gasteiger partial charge in [-0.25, -0.2) is 17.2 Å². The number of carbonyl (C=O) groups is 1. The van der Waals surface area contributed by atoms with Crippen LogP contribution in [-0.4, -0.2) is 36.9 Å². The molecule has 0 aliphatic carbocycles. The first-order valence-corrected chi connectivity index (χ1v) is 6.35. The van der Waals surface area contributed by atoms with Gasteiger partial charge >= 0.3 is 5.97 Å². The fraction of sp³-hybridized carbons (Fsp3) is 0.875. The van der Waals surface area contributed by atoms with E-state index < -0.39 is 33.4 Å². The number of rotatable bonds is 3. The monoisotopic (exact) mass is 242 g/mol. The second kappa shape index (κ2) is 4.03. The predicted octanol–water partition coefficient (Wildman–Crippen LogP) is 0.921. The van der Waals surface area contributed by atoms with Crippen LogP contribution in [0.3, 0.4) is 0 Å².